The number of rotatable bonds is 4. The third-order valence-electron chi connectivity index (χ3n) is 5.37. The maximum Gasteiger partial charge on any atom is 0.294 e. The third kappa shape index (κ3) is 4.49. The normalized spacial score (nSPS) is 18.4. The summed E-state index contributed by atoms with van der Waals surface area (Å²) in [5.41, 5.74) is 3.87. The van der Waals surface area contributed by atoms with E-state index in [0.717, 1.165) is 43.8 Å². The Kier molecular flexibility index (Phi) is 6.36. The van der Waals surface area contributed by atoms with E-state index >= 15 is 0 Å². The first kappa shape index (κ1) is 21.9. The van der Waals surface area contributed by atoms with Gasteiger partial charge in [-0.3, -0.25) is 19.3 Å². The molecule has 0 unspecified atom stereocenters. The van der Waals surface area contributed by atoms with Crippen LogP contribution in [-0.2, 0) is 14.3 Å². The molecule has 2 aliphatic heterocycles. The summed E-state index contributed by atoms with van der Waals surface area (Å²) >= 11 is 4.32. The minimum atomic E-state index is -0.426. The number of carbonyl (C=O) groups is 3. The van der Waals surface area contributed by atoms with Gasteiger partial charge < -0.3 is 14.2 Å². The summed E-state index contributed by atoms with van der Waals surface area (Å²) in [6, 6.07) is 9.97. The molecule has 1 aromatic carbocycles. The molecule has 3 heterocycles. The number of imide groups is 1. The van der Waals surface area contributed by atoms with E-state index in [4.69, 9.17) is 4.74 Å². The number of ether oxygens (including phenoxy) is 1. The van der Waals surface area contributed by atoms with Crippen molar-refractivity contribution in [1.29, 1.82) is 0 Å². The fourth-order valence-corrected chi connectivity index (χ4v) is 4.84. The molecule has 31 heavy (non-hydrogen) atoms. The van der Waals surface area contributed by atoms with Crippen molar-refractivity contribution in [2.45, 2.75) is 13.8 Å². The molecule has 2 aliphatic rings. The molecule has 0 bridgehead atoms. The number of aromatic nitrogens is 1. The van der Waals surface area contributed by atoms with Gasteiger partial charge in [0.15, 0.2) is 0 Å². The van der Waals surface area contributed by atoms with Crippen LogP contribution >= 0.6 is 27.7 Å². The summed E-state index contributed by atoms with van der Waals surface area (Å²) in [6.45, 7) is 5.65. The summed E-state index contributed by atoms with van der Waals surface area (Å²) in [5, 5.41) is -0.417. The highest BCUT2D eigenvalue weighted by atomic mass is 79.9. The topological polar surface area (TPSA) is 71.9 Å². The monoisotopic (exact) mass is 503 g/mol. The van der Waals surface area contributed by atoms with E-state index in [-0.39, 0.29) is 12.5 Å². The van der Waals surface area contributed by atoms with Gasteiger partial charge in [-0.25, -0.2) is 0 Å². The lowest BCUT2D eigenvalue weighted by Gasteiger charge is -2.28. The fraction of sp³-hybridized carbons (Fsp3) is 0.318. The molecular weight excluding hydrogens is 482 g/mol. The van der Waals surface area contributed by atoms with E-state index < -0.39 is 11.1 Å². The number of amides is 3. The van der Waals surface area contributed by atoms with Crippen LogP contribution in [0.25, 0.3) is 11.8 Å². The van der Waals surface area contributed by atoms with Gasteiger partial charge in [0.25, 0.3) is 11.1 Å². The molecule has 0 spiro atoms. The minimum absolute atomic E-state index is 0.236. The van der Waals surface area contributed by atoms with Crippen molar-refractivity contribution in [3.8, 4) is 5.69 Å². The van der Waals surface area contributed by atoms with E-state index in [1.165, 1.54) is 0 Å². The summed E-state index contributed by atoms with van der Waals surface area (Å²) < 4.78 is 8.35. The van der Waals surface area contributed by atoms with Crippen LogP contribution in [0.5, 0.6) is 0 Å². The van der Waals surface area contributed by atoms with Crippen LogP contribution in [0.15, 0.2) is 39.7 Å². The van der Waals surface area contributed by atoms with Crippen molar-refractivity contribution in [1.82, 2.24) is 14.4 Å². The van der Waals surface area contributed by atoms with Gasteiger partial charge in [-0.2, -0.15) is 0 Å². The lowest BCUT2D eigenvalue weighted by molar-refractivity contribution is -0.139. The first-order chi connectivity index (χ1) is 14.8. The summed E-state index contributed by atoms with van der Waals surface area (Å²) in [4.78, 5) is 40.8. The molecule has 7 nitrogen and oxygen atoms in total. The average Bonchev–Trinajstić information content (AvgIpc) is 3.19. The van der Waals surface area contributed by atoms with Crippen molar-refractivity contribution in [2.75, 3.05) is 32.8 Å². The number of morpholine rings is 1. The zero-order valence-electron chi connectivity index (χ0n) is 17.3. The van der Waals surface area contributed by atoms with Crippen LogP contribution in [0.2, 0.25) is 0 Å². The van der Waals surface area contributed by atoms with Crippen molar-refractivity contribution < 1.29 is 19.1 Å². The zero-order chi connectivity index (χ0) is 22.1. The smallest absolute Gasteiger partial charge is 0.294 e. The molecule has 1 aromatic heterocycles. The molecule has 0 N–H and O–H groups in total. The van der Waals surface area contributed by atoms with Crippen LogP contribution in [0.3, 0.4) is 0 Å². The molecule has 2 aromatic rings. The Bertz CT molecular complexity index is 1070. The second kappa shape index (κ2) is 9.02. The van der Waals surface area contributed by atoms with Gasteiger partial charge in [-0.05, 0) is 67.6 Å². The number of thioether (sulfide) groups is 1. The second-order valence-corrected chi connectivity index (χ2v) is 9.31. The van der Waals surface area contributed by atoms with Crippen molar-refractivity contribution >= 4 is 50.8 Å². The average molecular weight is 504 g/mol. The molecule has 2 saturated heterocycles. The lowest BCUT2D eigenvalue weighted by Crippen LogP contribution is -2.46. The molecule has 9 heteroatoms. The van der Waals surface area contributed by atoms with E-state index in [1.54, 1.807) is 11.0 Å². The molecule has 3 amide bonds. The highest BCUT2D eigenvalue weighted by molar-refractivity contribution is 9.10. The van der Waals surface area contributed by atoms with Gasteiger partial charge in [0.05, 0.1) is 18.1 Å². The molecule has 162 valence electrons. The SMILES string of the molecule is Cc1cc(/C=C2\SC(=O)N(CC(=O)N3CCOCC3)C2=O)c(C)n1-c1ccc(Br)cc1. The summed E-state index contributed by atoms with van der Waals surface area (Å²) in [5.74, 6) is -0.662. The molecular formula is C22H22BrN3O4S. The molecule has 0 radical (unpaired) electrons. The number of benzene rings is 1. The first-order valence-electron chi connectivity index (χ1n) is 9.91. The first-order valence-corrected chi connectivity index (χ1v) is 11.5. The van der Waals surface area contributed by atoms with Gasteiger partial charge in [-0.15, -0.1) is 0 Å². The minimum Gasteiger partial charge on any atom is -0.378 e. The number of nitrogens with zero attached hydrogens (tertiary/aromatic N) is 3. The predicted octanol–water partition coefficient (Wildman–Crippen LogP) is 3.75. The number of hydrogen-bond donors (Lipinski definition) is 0. The molecule has 0 aliphatic carbocycles. The third-order valence-corrected chi connectivity index (χ3v) is 6.81. The highest BCUT2D eigenvalue weighted by Crippen LogP contribution is 2.34. The fourth-order valence-electron chi connectivity index (χ4n) is 3.75. The van der Waals surface area contributed by atoms with Crippen LogP contribution < -0.4 is 0 Å². The van der Waals surface area contributed by atoms with Gasteiger partial charge in [0.2, 0.25) is 5.91 Å². The Morgan fingerprint density at radius 3 is 2.52 bits per heavy atom. The molecule has 0 saturated carbocycles. The van der Waals surface area contributed by atoms with Gasteiger partial charge in [-0.1, -0.05) is 15.9 Å². The molecule has 2 fully saturated rings. The Hall–Kier alpha value is -2.36. The Balaban J connectivity index is 1.55. The van der Waals surface area contributed by atoms with E-state index in [2.05, 4.69) is 20.5 Å². The zero-order valence-corrected chi connectivity index (χ0v) is 19.7. The standard InChI is InChI=1S/C22H22BrN3O4S/c1-14-11-16(15(2)26(14)18-5-3-17(23)4-6-18)12-19-21(28)25(22(29)31-19)13-20(27)24-7-9-30-10-8-24/h3-6,11-12H,7-10,13H2,1-2H3/b19-12-. The van der Waals surface area contributed by atoms with Crippen LogP contribution in [0.4, 0.5) is 4.79 Å². The van der Waals surface area contributed by atoms with E-state index in [1.807, 2.05) is 44.2 Å². The van der Waals surface area contributed by atoms with Crippen LogP contribution in [0.1, 0.15) is 17.0 Å². The largest absolute Gasteiger partial charge is 0.378 e. The Morgan fingerprint density at radius 1 is 1.16 bits per heavy atom. The van der Waals surface area contributed by atoms with E-state index in [9.17, 15) is 14.4 Å². The second-order valence-electron chi connectivity index (χ2n) is 7.40. The predicted molar refractivity (Wildman–Crippen MR) is 123 cm³/mol. The maximum atomic E-state index is 12.9. The van der Waals surface area contributed by atoms with Crippen molar-refractivity contribution in [3.05, 3.63) is 56.7 Å². The van der Waals surface area contributed by atoms with Crippen LogP contribution in [-0.4, -0.2) is 64.3 Å². The van der Waals surface area contributed by atoms with Gasteiger partial charge >= 0.3 is 0 Å². The van der Waals surface area contributed by atoms with Crippen molar-refractivity contribution in [3.63, 3.8) is 0 Å². The quantitative estimate of drug-likeness (QED) is 0.594. The number of halogens is 1. The van der Waals surface area contributed by atoms with Crippen molar-refractivity contribution in [2.24, 2.45) is 0 Å². The number of hydrogen-bond acceptors (Lipinski definition) is 5. The molecule has 4 rings (SSSR count). The summed E-state index contributed by atoms with van der Waals surface area (Å²) in [7, 11) is 0. The molecule has 0 atom stereocenters. The van der Waals surface area contributed by atoms with E-state index in [0.29, 0.717) is 31.2 Å². The van der Waals surface area contributed by atoms with Gasteiger partial charge in [0, 0.05) is 34.6 Å². The van der Waals surface area contributed by atoms with Gasteiger partial charge in [0.1, 0.15) is 6.54 Å². The van der Waals surface area contributed by atoms with Crippen LogP contribution in [0, 0.1) is 13.8 Å². The highest BCUT2D eigenvalue weighted by Gasteiger charge is 2.37. The Labute approximate surface area is 193 Å². The lowest BCUT2D eigenvalue weighted by atomic mass is 10.2. The maximum absolute atomic E-state index is 12.9. The number of carbonyl (C=O) groups excluding carboxylic acids is 3. The summed E-state index contributed by atoms with van der Waals surface area (Å²) in [6.07, 6.45) is 1.74. The number of aryl methyl sites for hydroxylation is 1. The Morgan fingerprint density at radius 2 is 1.84 bits per heavy atom.